The second-order valence-corrected chi connectivity index (χ2v) is 6.27. The molecule has 0 unspecified atom stereocenters. The molecule has 0 bridgehead atoms. The Morgan fingerprint density at radius 2 is 1.62 bits per heavy atom. The van der Waals surface area contributed by atoms with Gasteiger partial charge in [-0.25, -0.2) is 19.9 Å². The first kappa shape index (κ1) is 16.4. The van der Waals surface area contributed by atoms with Gasteiger partial charge in [0.1, 0.15) is 23.8 Å². The van der Waals surface area contributed by atoms with Crippen LogP contribution in [0.1, 0.15) is 31.3 Å². The Bertz CT molecular complexity index is 697. The molecule has 1 fully saturated rings. The number of aromatic nitrogens is 4. The molecule has 7 nitrogen and oxygen atoms in total. The van der Waals surface area contributed by atoms with Gasteiger partial charge in [0.25, 0.3) is 0 Å². The number of nitrogens with zero attached hydrogens (tertiary/aromatic N) is 6. The second kappa shape index (κ2) is 6.98. The Balaban J connectivity index is 1.71. The SMILES string of the molecule is COc1cc(N2CCN(c3cc(C)nc(C(C)C)n3)CC2)ncn1. The van der Waals surface area contributed by atoms with E-state index in [1.165, 1.54) is 0 Å². The molecular formula is C17H24N6O. The maximum atomic E-state index is 5.18. The van der Waals surface area contributed by atoms with Crippen LogP contribution in [0.25, 0.3) is 0 Å². The monoisotopic (exact) mass is 328 g/mol. The molecule has 128 valence electrons. The molecule has 0 N–H and O–H groups in total. The summed E-state index contributed by atoms with van der Waals surface area (Å²) in [7, 11) is 1.62. The zero-order valence-electron chi connectivity index (χ0n) is 14.7. The van der Waals surface area contributed by atoms with E-state index in [0.717, 1.165) is 49.3 Å². The molecule has 1 aliphatic rings. The van der Waals surface area contributed by atoms with E-state index in [2.05, 4.69) is 44.7 Å². The minimum Gasteiger partial charge on any atom is -0.481 e. The molecule has 3 heterocycles. The smallest absolute Gasteiger partial charge is 0.218 e. The number of aryl methyl sites for hydroxylation is 1. The van der Waals surface area contributed by atoms with Crippen LogP contribution >= 0.6 is 0 Å². The predicted octanol–water partition coefficient (Wildman–Crippen LogP) is 2.03. The van der Waals surface area contributed by atoms with Crippen LogP contribution in [0.3, 0.4) is 0 Å². The van der Waals surface area contributed by atoms with E-state index in [9.17, 15) is 0 Å². The Morgan fingerprint density at radius 1 is 0.958 bits per heavy atom. The summed E-state index contributed by atoms with van der Waals surface area (Å²) < 4.78 is 5.18. The summed E-state index contributed by atoms with van der Waals surface area (Å²) in [5.41, 5.74) is 1.02. The third kappa shape index (κ3) is 3.55. The number of rotatable bonds is 4. The van der Waals surface area contributed by atoms with Gasteiger partial charge in [-0.1, -0.05) is 13.8 Å². The summed E-state index contributed by atoms with van der Waals surface area (Å²) in [6, 6.07) is 3.94. The van der Waals surface area contributed by atoms with E-state index in [0.29, 0.717) is 11.8 Å². The zero-order chi connectivity index (χ0) is 17.1. The lowest BCUT2D eigenvalue weighted by Crippen LogP contribution is -2.47. The number of piperazine rings is 1. The van der Waals surface area contributed by atoms with Crippen molar-refractivity contribution >= 4 is 11.6 Å². The summed E-state index contributed by atoms with van der Waals surface area (Å²) in [5, 5.41) is 0. The lowest BCUT2D eigenvalue weighted by molar-refractivity contribution is 0.396. The van der Waals surface area contributed by atoms with Crippen LogP contribution in [0.2, 0.25) is 0 Å². The molecule has 0 aliphatic carbocycles. The van der Waals surface area contributed by atoms with Crippen LogP contribution < -0.4 is 14.5 Å². The summed E-state index contributed by atoms with van der Waals surface area (Å²) in [4.78, 5) is 22.2. The highest BCUT2D eigenvalue weighted by Crippen LogP contribution is 2.21. The number of hydrogen-bond donors (Lipinski definition) is 0. The van der Waals surface area contributed by atoms with Crippen LogP contribution in [0.5, 0.6) is 5.88 Å². The molecule has 0 amide bonds. The quantitative estimate of drug-likeness (QED) is 0.850. The van der Waals surface area contributed by atoms with Crippen molar-refractivity contribution in [2.75, 3.05) is 43.1 Å². The van der Waals surface area contributed by atoms with Crippen LogP contribution in [0.4, 0.5) is 11.6 Å². The predicted molar refractivity (Wildman–Crippen MR) is 93.9 cm³/mol. The molecule has 2 aromatic heterocycles. The van der Waals surface area contributed by atoms with Crippen LogP contribution in [0.15, 0.2) is 18.5 Å². The fourth-order valence-corrected chi connectivity index (χ4v) is 2.77. The van der Waals surface area contributed by atoms with Gasteiger partial charge in [0.2, 0.25) is 5.88 Å². The standard InChI is InChI=1S/C17H24N6O/c1-12(2)17-20-13(3)9-15(21-17)23-7-5-22(6-8-23)14-10-16(24-4)19-11-18-14/h9-12H,5-8H2,1-4H3. The lowest BCUT2D eigenvalue weighted by Gasteiger charge is -2.36. The Morgan fingerprint density at radius 3 is 2.25 bits per heavy atom. The summed E-state index contributed by atoms with van der Waals surface area (Å²) in [6.07, 6.45) is 1.54. The third-order valence-corrected chi connectivity index (χ3v) is 4.14. The number of hydrogen-bond acceptors (Lipinski definition) is 7. The van der Waals surface area contributed by atoms with E-state index in [4.69, 9.17) is 9.72 Å². The molecule has 0 radical (unpaired) electrons. The minimum atomic E-state index is 0.332. The number of methoxy groups -OCH3 is 1. The van der Waals surface area contributed by atoms with Crippen molar-refractivity contribution < 1.29 is 4.74 Å². The molecular weight excluding hydrogens is 304 g/mol. The highest BCUT2D eigenvalue weighted by atomic mass is 16.5. The zero-order valence-corrected chi connectivity index (χ0v) is 14.7. The van der Waals surface area contributed by atoms with Gasteiger partial charge in [-0.05, 0) is 6.92 Å². The summed E-state index contributed by atoms with van der Waals surface area (Å²) in [6.45, 7) is 9.86. The molecule has 0 spiro atoms. The third-order valence-electron chi connectivity index (χ3n) is 4.14. The van der Waals surface area contributed by atoms with Crippen LogP contribution in [-0.2, 0) is 0 Å². The van der Waals surface area contributed by atoms with Crippen LogP contribution in [0, 0.1) is 6.92 Å². The topological polar surface area (TPSA) is 67.3 Å². The fraction of sp³-hybridized carbons (Fsp3) is 0.529. The first-order valence-corrected chi connectivity index (χ1v) is 8.28. The summed E-state index contributed by atoms with van der Waals surface area (Å²) >= 11 is 0. The molecule has 7 heteroatoms. The Hall–Kier alpha value is -2.44. The largest absolute Gasteiger partial charge is 0.481 e. The van der Waals surface area contributed by atoms with Crippen molar-refractivity contribution in [1.29, 1.82) is 0 Å². The Labute approximate surface area is 142 Å². The average Bonchev–Trinajstić information content (AvgIpc) is 2.61. The molecule has 1 aliphatic heterocycles. The van der Waals surface area contributed by atoms with Crippen molar-refractivity contribution in [3.63, 3.8) is 0 Å². The minimum absolute atomic E-state index is 0.332. The lowest BCUT2D eigenvalue weighted by atomic mass is 10.2. The van der Waals surface area contributed by atoms with E-state index >= 15 is 0 Å². The van der Waals surface area contributed by atoms with Gasteiger partial charge in [-0.2, -0.15) is 0 Å². The fourth-order valence-electron chi connectivity index (χ4n) is 2.77. The normalized spacial score (nSPS) is 15.0. The van der Waals surface area contributed by atoms with Crippen LogP contribution in [-0.4, -0.2) is 53.2 Å². The maximum Gasteiger partial charge on any atom is 0.218 e. The van der Waals surface area contributed by atoms with E-state index < -0.39 is 0 Å². The number of ether oxygens (including phenoxy) is 1. The molecule has 1 saturated heterocycles. The van der Waals surface area contributed by atoms with Crippen molar-refractivity contribution in [3.05, 3.63) is 30.0 Å². The van der Waals surface area contributed by atoms with Gasteiger partial charge in [-0.3, -0.25) is 0 Å². The maximum absolute atomic E-state index is 5.18. The first-order valence-electron chi connectivity index (χ1n) is 8.28. The Kier molecular flexibility index (Phi) is 4.78. The van der Waals surface area contributed by atoms with Gasteiger partial charge >= 0.3 is 0 Å². The van der Waals surface area contributed by atoms with Crippen molar-refractivity contribution in [2.24, 2.45) is 0 Å². The van der Waals surface area contributed by atoms with E-state index in [1.807, 2.05) is 13.0 Å². The molecule has 24 heavy (non-hydrogen) atoms. The van der Waals surface area contributed by atoms with Gasteiger partial charge in [-0.15, -0.1) is 0 Å². The highest BCUT2D eigenvalue weighted by Gasteiger charge is 2.20. The number of anilines is 2. The van der Waals surface area contributed by atoms with Gasteiger partial charge in [0.05, 0.1) is 7.11 Å². The second-order valence-electron chi connectivity index (χ2n) is 6.27. The molecule has 2 aromatic rings. The van der Waals surface area contributed by atoms with Crippen molar-refractivity contribution in [1.82, 2.24) is 19.9 Å². The molecule has 0 aromatic carbocycles. The molecule has 0 saturated carbocycles. The highest BCUT2D eigenvalue weighted by molar-refractivity contribution is 5.46. The average molecular weight is 328 g/mol. The summed E-state index contributed by atoms with van der Waals surface area (Å²) in [5.74, 6) is 3.76. The van der Waals surface area contributed by atoms with Crippen molar-refractivity contribution in [2.45, 2.75) is 26.7 Å². The molecule has 3 rings (SSSR count). The van der Waals surface area contributed by atoms with Gasteiger partial charge in [0, 0.05) is 49.9 Å². The van der Waals surface area contributed by atoms with E-state index in [-0.39, 0.29) is 0 Å². The van der Waals surface area contributed by atoms with Gasteiger partial charge < -0.3 is 14.5 Å². The molecule has 0 atom stereocenters. The van der Waals surface area contributed by atoms with Crippen molar-refractivity contribution in [3.8, 4) is 5.88 Å². The first-order chi connectivity index (χ1) is 11.6. The van der Waals surface area contributed by atoms with E-state index in [1.54, 1.807) is 13.4 Å². The van der Waals surface area contributed by atoms with Gasteiger partial charge in [0.15, 0.2) is 0 Å².